The Labute approximate surface area is 130 Å². The first-order valence-electron chi connectivity index (χ1n) is 7.28. The van der Waals surface area contributed by atoms with Crippen molar-refractivity contribution in [1.82, 2.24) is 4.98 Å². The maximum atomic E-state index is 10.5. The molecule has 0 saturated carbocycles. The van der Waals surface area contributed by atoms with Crippen LogP contribution >= 0.6 is 0 Å². The second-order valence-electron chi connectivity index (χ2n) is 5.23. The smallest absolute Gasteiger partial charge is 0.225 e. The molecule has 1 atom stereocenters. The lowest BCUT2D eigenvalue weighted by atomic mass is 9.92. The minimum Gasteiger partial charge on any atom is -0.286 e. The third-order valence-electron chi connectivity index (χ3n) is 3.86. The van der Waals surface area contributed by atoms with Crippen LogP contribution in [0, 0.1) is 0 Å². The van der Waals surface area contributed by atoms with E-state index < -0.39 is 0 Å². The van der Waals surface area contributed by atoms with E-state index in [1.54, 1.807) is 12.4 Å². The van der Waals surface area contributed by atoms with Crippen molar-refractivity contribution in [3.8, 4) is 0 Å². The summed E-state index contributed by atoms with van der Waals surface area (Å²) in [6, 6.07) is 20.3. The molecule has 0 fully saturated rings. The Morgan fingerprint density at radius 3 is 2.64 bits per heavy atom. The number of allylic oxidation sites excluding steroid dienone is 1. The van der Waals surface area contributed by atoms with Gasteiger partial charge < -0.3 is 0 Å². The van der Waals surface area contributed by atoms with Crippen LogP contribution in [0.15, 0.2) is 66.7 Å². The fourth-order valence-corrected chi connectivity index (χ4v) is 2.66. The average Bonchev–Trinajstić information content (AvgIpc) is 2.59. The molecular formula is C20H16NO. The molecule has 0 aliphatic rings. The molecule has 22 heavy (non-hydrogen) atoms. The van der Waals surface area contributed by atoms with E-state index in [9.17, 15) is 4.79 Å². The maximum absolute atomic E-state index is 10.5. The molecule has 2 aromatic carbocycles. The van der Waals surface area contributed by atoms with E-state index in [-0.39, 0.29) is 5.92 Å². The number of hydrogen-bond donors (Lipinski definition) is 0. The number of aromatic nitrogens is 1. The summed E-state index contributed by atoms with van der Waals surface area (Å²) in [4.78, 5) is 15.2. The summed E-state index contributed by atoms with van der Waals surface area (Å²) < 4.78 is 0. The van der Waals surface area contributed by atoms with Crippen LogP contribution in [-0.4, -0.2) is 11.3 Å². The number of fused-ring (bicyclic) bond motifs is 1. The molecule has 0 bridgehead atoms. The van der Waals surface area contributed by atoms with Gasteiger partial charge in [-0.2, -0.15) is 0 Å². The quantitative estimate of drug-likeness (QED) is 0.660. The number of para-hydroxylation sites is 1. The van der Waals surface area contributed by atoms with Crippen LogP contribution in [0.4, 0.5) is 0 Å². The largest absolute Gasteiger partial charge is 0.286 e. The topological polar surface area (TPSA) is 30.0 Å². The van der Waals surface area contributed by atoms with Crippen LogP contribution < -0.4 is 0 Å². The molecule has 2 heteroatoms. The number of carbonyl (C=O) groups excluding carboxylic acids is 1. The molecule has 107 valence electrons. The molecular weight excluding hydrogens is 270 g/mol. The van der Waals surface area contributed by atoms with Gasteiger partial charge in [-0.3, -0.25) is 9.78 Å². The summed E-state index contributed by atoms with van der Waals surface area (Å²) in [6.45, 7) is 2.13. The van der Waals surface area contributed by atoms with Gasteiger partial charge in [0.1, 0.15) is 0 Å². The van der Waals surface area contributed by atoms with Crippen LogP contribution in [0.3, 0.4) is 0 Å². The fourth-order valence-electron chi connectivity index (χ4n) is 2.66. The highest BCUT2D eigenvalue weighted by Crippen LogP contribution is 2.27. The highest BCUT2D eigenvalue weighted by Gasteiger charge is 2.13. The van der Waals surface area contributed by atoms with Gasteiger partial charge in [0.25, 0.3) is 0 Å². The lowest BCUT2D eigenvalue weighted by Gasteiger charge is -2.15. The van der Waals surface area contributed by atoms with Crippen LogP contribution in [0.25, 0.3) is 17.0 Å². The van der Waals surface area contributed by atoms with Crippen LogP contribution in [0.2, 0.25) is 0 Å². The lowest BCUT2D eigenvalue weighted by Crippen LogP contribution is -2.01. The zero-order valence-corrected chi connectivity index (χ0v) is 12.4. The Morgan fingerprint density at radius 2 is 1.77 bits per heavy atom. The van der Waals surface area contributed by atoms with E-state index in [0.717, 1.165) is 27.7 Å². The second-order valence-corrected chi connectivity index (χ2v) is 5.23. The monoisotopic (exact) mass is 286 g/mol. The molecule has 0 aliphatic heterocycles. The summed E-state index contributed by atoms with van der Waals surface area (Å²) in [5.74, 6) is 0.150. The number of pyridine rings is 1. The minimum atomic E-state index is 0.150. The summed E-state index contributed by atoms with van der Waals surface area (Å²) in [5, 5.41) is 1.14. The standard InChI is InChI=1S/C20H16NO/c1-15(18-10-4-2-7-16(18)9-6-14-22)19-13-12-17-8-3-5-11-20(17)21-19/h2-13,15H,1H3/b9-6+. The zero-order valence-electron chi connectivity index (χ0n) is 12.4. The predicted molar refractivity (Wildman–Crippen MR) is 90.4 cm³/mol. The summed E-state index contributed by atoms with van der Waals surface area (Å²) in [5.41, 5.74) is 4.20. The van der Waals surface area contributed by atoms with Crippen molar-refractivity contribution < 1.29 is 4.79 Å². The number of nitrogens with zero attached hydrogens (tertiary/aromatic N) is 1. The number of benzene rings is 2. The summed E-state index contributed by atoms with van der Waals surface area (Å²) >= 11 is 0. The molecule has 1 radical (unpaired) electrons. The molecule has 0 saturated heterocycles. The van der Waals surface area contributed by atoms with Crippen molar-refractivity contribution in [3.05, 3.63) is 83.6 Å². The Bertz CT molecular complexity index is 836. The third-order valence-corrected chi connectivity index (χ3v) is 3.86. The SMILES string of the molecule is CC(c1ccc2ccccc2n1)c1ccccc1/C=C/[C]=O. The minimum absolute atomic E-state index is 0.150. The highest BCUT2D eigenvalue weighted by atomic mass is 16.1. The molecule has 1 heterocycles. The first kappa shape index (κ1) is 14.2. The van der Waals surface area contributed by atoms with Crippen molar-refractivity contribution in [1.29, 1.82) is 0 Å². The van der Waals surface area contributed by atoms with Crippen molar-refractivity contribution in [2.24, 2.45) is 0 Å². The van der Waals surface area contributed by atoms with Gasteiger partial charge in [0, 0.05) is 17.0 Å². The van der Waals surface area contributed by atoms with E-state index in [0.29, 0.717) is 0 Å². The molecule has 0 aliphatic carbocycles. The van der Waals surface area contributed by atoms with Gasteiger partial charge in [0.15, 0.2) is 0 Å². The van der Waals surface area contributed by atoms with E-state index in [1.807, 2.05) is 36.4 Å². The first-order valence-corrected chi connectivity index (χ1v) is 7.28. The molecule has 2 nitrogen and oxygen atoms in total. The first-order chi connectivity index (χ1) is 10.8. The van der Waals surface area contributed by atoms with Gasteiger partial charge in [-0.15, -0.1) is 0 Å². The van der Waals surface area contributed by atoms with Crippen LogP contribution in [0.5, 0.6) is 0 Å². The van der Waals surface area contributed by atoms with Gasteiger partial charge in [0.05, 0.1) is 5.52 Å². The van der Waals surface area contributed by atoms with Gasteiger partial charge >= 0.3 is 0 Å². The molecule has 0 amide bonds. The average molecular weight is 286 g/mol. The Morgan fingerprint density at radius 1 is 1.00 bits per heavy atom. The van der Waals surface area contributed by atoms with E-state index in [2.05, 4.69) is 31.2 Å². The molecule has 3 rings (SSSR count). The normalized spacial score (nSPS) is 12.6. The zero-order chi connectivity index (χ0) is 15.4. The predicted octanol–water partition coefficient (Wildman–Crippen LogP) is 4.51. The van der Waals surface area contributed by atoms with Gasteiger partial charge in [-0.1, -0.05) is 61.5 Å². The van der Waals surface area contributed by atoms with Gasteiger partial charge in [-0.05, 0) is 29.3 Å². The van der Waals surface area contributed by atoms with Crippen LogP contribution in [-0.2, 0) is 4.79 Å². The molecule has 0 N–H and O–H groups in total. The summed E-state index contributed by atoms with van der Waals surface area (Å²) in [7, 11) is 0. The second kappa shape index (κ2) is 6.35. The fraction of sp³-hybridized carbons (Fsp3) is 0.100. The van der Waals surface area contributed by atoms with Crippen molar-refractivity contribution in [2.45, 2.75) is 12.8 Å². The molecule has 3 aromatic rings. The van der Waals surface area contributed by atoms with Crippen molar-refractivity contribution in [3.63, 3.8) is 0 Å². The van der Waals surface area contributed by atoms with Crippen molar-refractivity contribution >= 4 is 23.3 Å². The van der Waals surface area contributed by atoms with E-state index >= 15 is 0 Å². The molecule has 1 unspecified atom stereocenters. The van der Waals surface area contributed by atoms with E-state index in [4.69, 9.17) is 4.98 Å². The van der Waals surface area contributed by atoms with Gasteiger partial charge in [-0.25, -0.2) is 0 Å². The Hall–Kier alpha value is -2.74. The van der Waals surface area contributed by atoms with E-state index in [1.165, 1.54) is 6.08 Å². The summed E-state index contributed by atoms with van der Waals surface area (Å²) in [6.07, 6.45) is 4.99. The van der Waals surface area contributed by atoms with Gasteiger partial charge in [0.2, 0.25) is 6.29 Å². The highest BCUT2D eigenvalue weighted by molar-refractivity contribution is 5.79. The van der Waals surface area contributed by atoms with Crippen molar-refractivity contribution in [2.75, 3.05) is 0 Å². The Kier molecular flexibility index (Phi) is 4.10. The third kappa shape index (κ3) is 2.82. The molecule has 1 aromatic heterocycles. The maximum Gasteiger partial charge on any atom is 0.225 e. The van der Waals surface area contributed by atoms with Crippen LogP contribution in [0.1, 0.15) is 29.7 Å². The molecule has 0 spiro atoms. The Balaban J connectivity index is 2.03. The number of hydrogen-bond acceptors (Lipinski definition) is 2. The lowest BCUT2D eigenvalue weighted by molar-refractivity contribution is 0.564. The number of rotatable bonds is 4.